The highest BCUT2D eigenvalue weighted by Crippen LogP contribution is 2.03. The van der Waals surface area contributed by atoms with E-state index in [-0.39, 0.29) is 11.9 Å². The maximum atomic E-state index is 10.6. The molecule has 0 radical (unpaired) electrons. The molecule has 1 aliphatic rings. The van der Waals surface area contributed by atoms with Crippen molar-refractivity contribution >= 4 is 5.78 Å². The maximum absolute atomic E-state index is 10.6. The SMILES string of the molecule is CC1OC=CCC1=O. The molecule has 8 heavy (non-hydrogen) atoms. The van der Waals surface area contributed by atoms with Crippen LogP contribution >= 0.6 is 0 Å². The summed E-state index contributed by atoms with van der Waals surface area (Å²) in [5, 5.41) is 0. The Morgan fingerprint density at radius 3 is 3.00 bits per heavy atom. The fourth-order valence-corrected chi connectivity index (χ4v) is 0.580. The number of Topliss-reactive ketones (excluding diaryl/α,β-unsaturated/α-hetero) is 1. The zero-order valence-corrected chi connectivity index (χ0v) is 4.76. The highest BCUT2D eigenvalue weighted by atomic mass is 16.5. The van der Waals surface area contributed by atoms with Crippen molar-refractivity contribution in [3.8, 4) is 0 Å². The minimum Gasteiger partial charge on any atom is -0.491 e. The minimum atomic E-state index is -0.222. The Morgan fingerprint density at radius 1 is 1.88 bits per heavy atom. The standard InChI is InChI=1S/C6H8O2/c1-5-6(7)3-2-4-8-5/h2,4-5H,3H2,1H3. The Hall–Kier alpha value is -0.790. The van der Waals surface area contributed by atoms with Crippen LogP contribution in [0.5, 0.6) is 0 Å². The second-order valence-electron chi connectivity index (χ2n) is 1.82. The normalized spacial score (nSPS) is 27.6. The molecule has 2 nitrogen and oxygen atoms in total. The number of allylic oxidation sites excluding steroid dienone is 1. The third kappa shape index (κ3) is 0.886. The predicted molar refractivity (Wildman–Crippen MR) is 29.3 cm³/mol. The van der Waals surface area contributed by atoms with Crippen LogP contribution in [-0.4, -0.2) is 11.9 Å². The van der Waals surface area contributed by atoms with E-state index in [2.05, 4.69) is 0 Å². The second kappa shape index (κ2) is 1.99. The summed E-state index contributed by atoms with van der Waals surface area (Å²) in [5.41, 5.74) is 0. The molecule has 1 heterocycles. The first kappa shape index (κ1) is 5.35. The second-order valence-corrected chi connectivity index (χ2v) is 1.82. The van der Waals surface area contributed by atoms with E-state index in [0.717, 1.165) is 0 Å². The van der Waals surface area contributed by atoms with Crippen molar-refractivity contribution in [3.05, 3.63) is 12.3 Å². The quantitative estimate of drug-likeness (QED) is 0.465. The largest absolute Gasteiger partial charge is 0.491 e. The summed E-state index contributed by atoms with van der Waals surface area (Å²) in [4.78, 5) is 10.6. The molecule has 0 N–H and O–H groups in total. The third-order valence-electron chi connectivity index (χ3n) is 1.15. The first-order valence-corrected chi connectivity index (χ1v) is 2.64. The minimum absolute atomic E-state index is 0.160. The van der Waals surface area contributed by atoms with E-state index in [0.29, 0.717) is 6.42 Å². The number of carbonyl (C=O) groups is 1. The lowest BCUT2D eigenvalue weighted by molar-refractivity contribution is -0.126. The van der Waals surface area contributed by atoms with Gasteiger partial charge >= 0.3 is 0 Å². The van der Waals surface area contributed by atoms with Crippen LogP contribution in [0, 0.1) is 0 Å². The van der Waals surface area contributed by atoms with Gasteiger partial charge in [-0.15, -0.1) is 0 Å². The molecule has 1 unspecified atom stereocenters. The topological polar surface area (TPSA) is 26.3 Å². The summed E-state index contributed by atoms with van der Waals surface area (Å²) < 4.78 is 4.86. The summed E-state index contributed by atoms with van der Waals surface area (Å²) >= 11 is 0. The monoisotopic (exact) mass is 112 g/mol. The fourth-order valence-electron chi connectivity index (χ4n) is 0.580. The predicted octanol–water partition coefficient (Wildman–Crippen LogP) is 0.878. The first-order valence-electron chi connectivity index (χ1n) is 2.64. The van der Waals surface area contributed by atoms with Crippen molar-refractivity contribution in [2.24, 2.45) is 0 Å². The van der Waals surface area contributed by atoms with E-state index in [1.807, 2.05) is 0 Å². The summed E-state index contributed by atoms with van der Waals surface area (Å²) in [6.45, 7) is 1.76. The van der Waals surface area contributed by atoms with Gasteiger partial charge in [0.2, 0.25) is 0 Å². The Labute approximate surface area is 48.1 Å². The van der Waals surface area contributed by atoms with E-state index < -0.39 is 0 Å². The molecule has 1 rings (SSSR count). The Kier molecular flexibility index (Phi) is 1.33. The van der Waals surface area contributed by atoms with Gasteiger partial charge in [-0.2, -0.15) is 0 Å². The van der Waals surface area contributed by atoms with Gasteiger partial charge in [0.05, 0.1) is 6.26 Å². The van der Waals surface area contributed by atoms with Crippen LogP contribution in [-0.2, 0) is 9.53 Å². The van der Waals surface area contributed by atoms with Crippen LogP contribution in [0.2, 0.25) is 0 Å². The molecule has 0 spiro atoms. The molecule has 2 heteroatoms. The van der Waals surface area contributed by atoms with Crippen LogP contribution in [0.15, 0.2) is 12.3 Å². The Bertz CT molecular complexity index is 126. The number of hydrogen-bond donors (Lipinski definition) is 0. The average molecular weight is 112 g/mol. The summed E-state index contributed by atoms with van der Waals surface area (Å²) in [7, 11) is 0. The Morgan fingerprint density at radius 2 is 2.62 bits per heavy atom. The average Bonchev–Trinajstić information content (AvgIpc) is 1.77. The smallest absolute Gasteiger partial charge is 0.176 e. The van der Waals surface area contributed by atoms with Gasteiger partial charge < -0.3 is 4.74 Å². The number of hydrogen-bond acceptors (Lipinski definition) is 2. The van der Waals surface area contributed by atoms with Gasteiger partial charge in [-0.25, -0.2) is 0 Å². The molecule has 0 aromatic rings. The fraction of sp³-hybridized carbons (Fsp3) is 0.500. The van der Waals surface area contributed by atoms with Crippen LogP contribution in [0.4, 0.5) is 0 Å². The molecule has 0 aliphatic carbocycles. The Balaban J connectivity index is 2.57. The molecular weight excluding hydrogens is 104 g/mol. The highest BCUT2D eigenvalue weighted by Gasteiger charge is 2.13. The molecule has 1 aliphatic heterocycles. The van der Waals surface area contributed by atoms with Crippen LogP contribution in [0.25, 0.3) is 0 Å². The molecule has 0 saturated heterocycles. The number of rotatable bonds is 0. The van der Waals surface area contributed by atoms with E-state index in [9.17, 15) is 4.79 Å². The van der Waals surface area contributed by atoms with E-state index in [4.69, 9.17) is 4.74 Å². The molecule has 0 fully saturated rings. The molecule has 0 saturated carbocycles. The van der Waals surface area contributed by atoms with Crippen molar-refractivity contribution in [1.29, 1.82) is 0 Å². The van der Waals surface area contributed by atoms with E-state index in [1.165, 1.54) is 0 Å². The highest BCUT2D eigenvalue weighted by molar-refractivity contribution is 5.84. The molecule has 44 valence electrons. The summed E-state index contributed by atoms with van der Waals surface area (Å²) in [5.74, 6) is 0.160. The van der Waals surface area contributed by atoms with Gasteiger partial charge in [0.1, 0.15) is 0 Å². The van der Waals surface area contributed by atoms with E-state index >= 15 is 0 Å². The van der Waals surface area contributed by atoms with Crippen LogP contribution in [0.1, 0.15) is 13.3 Å². The van der Waals surface area contributed by atoms with Crippen molar-refractivity contribution in [2.45, 2.75) is 19.4 Å². The van der Waals surface area contributed by atoms with Gasteiger partial charge in [0.25, 0.3) is 0 Å². The molecule has 0 bridgehead atoms. The summed E-state index contributed by atoms with van der Waals surface area (Å²) in [6, 6.07) is 0. The lowest BCUT2D eigenvalue weighted by atomic mass is 10.2. The van der Waals surface area contributed by atoms with Gasteiger partial charge in [-0.1, -0.05) is 0 Å². The van der Waals surface area contributed by atoms with E-state index in [1.54, 1.807) is 19.3 Å². The van der Waals surface area contributed by atoms with Gasteiger partial charge in [-0.3, -0.25) is 4.79 Å². The number of ketones is 1. The van der Waals surface area contributed by atoms with Crippen molar-refractivity contribution in [1.82, 2.24) is 0 Å². The first-order chi connectivity index (χ1) is 3.80. The molecule has 0 aromatic carbocycles. The summed E-state index contributed by atoms with van der Waals surface area (Å²) in [6.07, 6.45) is 3.61. The van der Waals surface area contributed by atoms with Crippen molar-refractivity contribution in [2.75, 3.05) is 0 Å². The maximum Gasteiger partial charge on any atom is 0.176 e. The van der Waals surface area contributed by atoms with Crippen LogP contribution < -0.4 is 0 Å². The van der Waals surface area contributed by atoms with Gasteiger partial charge in [0.15, 0.2) is 11.9 Å². The van der Waals surface area contributed by atoms with Crippen molar-refractivity contribution in [3.63, 3.8) is 0 Å². The lowest BCUT2D eigenvalue weighted by Gasteiger charge is -2.11. The molecule has 0 amide bonds. The molecule has 1 atom stereocenters. The lowest BCUT2D eigenvalue weighted by Crippen LogP contribution is -2.20. The van der Waals surface area contributed by atoms with Gasteiger partial charge in [-0.05, 0) is 13.0 Å². The third-order valence-corrected chi connectivity index (χ3v) is 1.15. The number of ether oxygens (including phenoxy) is 1. The zero-order chi connectivity index (χ0) is 5.98. The zero-order valence-electron chi connectivity index (χ0n) is 4.76. The van der Waals surface area contributed by atoms with Crippen molar-refractivity contribution < 1.29 is 9.53 Å². The molecule has 0 aromatic heterocycles. The molecular formula is C6H8O2. The van der Waals surface area contributed by atoms with Gasteiger partial charge in [0, 0.05) is 6.42 Å². The number of carbonyl (C=O) groups excluding carboxylic acids is 1. The van der Waals surface area contributed by atoms with Crippen LogP contribution in [0.3, 0.4) is 0 Å².